The lowest BCUT2D eigenvalue weighted by Crippen LogP contribution is -2.00. The Bertz CT molecular complexity index is 3310. The molecule has 0 amide bonds. The summed E-state index contributed by atoms with van der Waals surface area (Å²) in [5, 5.41) is 9.44. The number of thiophene rings is 1. The molecular weight excluding hydrogens is 655 g/mol. The topological polar surface area (TPSA) is 51.8 Å². The van der Waals surface area contributed by atoms with Crippen LogP contribution in [0.1, 0.15) is 0 Å². The summed E-state index contributed by atoms with van der Waals surface area (Å²) in [6.45, 7) is 0. The van der Waals surface area contributed by atoms with Crippen molar-refractivity contribution in [1.29, 1.82) is 0 Å². The molecule has 0 bridgehead atoms. The third-order valence-electron chi connectivity index (χ3n) is 10.6. The molecule has 1 aliphatic rings. The first-order valence-corrected chi connectivity index (χ1v) is 18.2. The fraction of sp³-hybridized carbons (Fsp3) is 0. The van der Waals surface area contributed by atoms with Gasteiger partial charge in [0.25, 0.3) is 0 Å². The van der Waals surface area contributed by atoms with Crippen molar-refractivity contribution in [3.05, 3.63) is 152 Å². The Morgan fingerprint density at radius 3 is 1.88 bits per heavy atom. The van der Waals surface area contributed by atoms with Crippen LogP contribution in [0.15, 0.2) is 156 Å². The van der Waals surface area contributed by atoms with Crippen LogP contribution in [0.2, 0.25) is 0 Å². The van der Waals surface area contributed by atoms with Crippen molar-refractivity contribution in [1.82, 2.24) is 15.0 Å². The van der Waals surface area contributed by atoms with E-state index < -0.39 is 0 Å². The molecule has 3 aromatic heterocycles. The van der Waals surface area contributed by atoms with Crippen molar-refractivity contribution in [3.63, 3.8) is 0 Å². The summed E-state index contributed by atoms with van der Waals surface area (Å²) in [4.78, 5) is 15.6. The number of furan rings is 1. The zero-order chi connectivity index (χ0) is 33.9. The van der Waals surface area contributed by atoms with Crippen molar-refractivity contribution >= 4 is 75.0 Å². The molecule has 0 unspecified atom stereocenters. The summed E-state index contributed by atoms with van der Waals surface area (Å²) in [6, 6.07) is 53.8. The molecule has 0 N–H and O–H groups in total. The van der Waals surface area contributed by atoms with E-state index in [2.05, 4.69) is 140 Å². The van der Waals surface area contributed by atoms with Crippen LogP contribution >= 0.6 is 11.3 Å². The monoisotopic (exact) mass is 679 g/mol. The van der Waals surface area contributed by atoms with Crippen LogP contribution in [0.25, 0.3) is 120 Å². The average molecular weight is 680 g/mol. The summed E-state index contributed by atoms with van der Waals surface area (Å²) >= 11 is 1.80. The first-order valence-electron chi connectivity index (χ1n) is 17.4. The molecule has 240 valence electrons. The van der Waals surface area contributed by atoms with Gasteiger partial charge >= 0.3 is 0 Å². The van der Waals surface area contributed by atoms with Gasteiger partial charge in [-0.1, -0.05) is 115 Å². The minimum Gasteiger partial charge on any atom is -0.456 e. The molecule has 0 radical (unpaired) electrons. The number of hydrogen-bond acceptors (Lipinski definition) is 5. The highest BCUT2D eigenvalue weighted by atomic mass is 32.1. The number of rotatable bonds is 3. The van der Waals surface area contributed by atoms with Gasteiger partial charge in [0.1, 0.15) is 11.2 Å². The Balaban J connectivity index is 1.10. The van der Waals surface area contributed by atoms with Crippen LogP contribution in [-0.2, 0) is 0 Å². The maximum atomic E-state index is 6.62. The predicted octanol–water partition coefficient (Wildman–Crippen LogP) is 13.1. The van der Waals surface area contributed by atoms with Gasteiger partial charge in [-0.05, 0) is 80.2 Å². The van der Waals surface area contributed by atoms with Gasteiger partial charge in [-0.25, -0.2) is 15.0 Å². The molecule has 4 nitrogen and oxygen atoms in total. The Labute approximate surface area is 301 Å². The van der Waals surface area contributed by atoms with Gasteiger partial charge in [-0.15, -0.1) is 11.3 Å². The molecular formula is C47H25N3OS. The lowest BCUT2D eigenvalue weighted by molar-refractivity contribution is 0.669. The van der Waals surface area contributed by atoms with Crippen LogP contribution in [0.4, 0.5) is 0 Å². The molecule has 5 heteroatoms. The molecule has 3 heterocycles. The van der Waals surface area contributed by atoms with Crippen LogP contribution in [0.3, 0.4) is 0 Å². The van der Waals surface area contributed by atoms with Gasteiger partial charge in [0, 0.05) is 47.6 Å². The highest BCUT2D eigenvalue weighted by Crippen LogP contribution is 2.50. The van der Waals surface area contributed by atoms with E-state index in [1.54, 1.807) is 11.3 Å². The quantitative estimate of drug-likeness (QED) is 0.186. The summed E-state index contributed by atoms with van der Waals surface area (Å²) in [6.07, 6.45) is 0. The minimum absolute atomic E-state index is 0.615. The number of aromatic nitrogens is 3. The maximum absolute atomic E-state index is 6.62. The summed E-state index contributed by atoms with van der Waals surface area (Å²) in [5.74, 6) is 1.89. The van der Waals surface area contributed by atoms with Crippen molar-refractivity contribution < 1.29 is 4.42 Å². The van der Waals surface area contributed by atoms with Gasteiger partial charge in [0.15, 0.2) is 17.5 Å². The summed E-state index contributed by atoms with van der Waals surface area (Å²) in [7, 11) is 0. The zero-order valence-corrected chi connectivity index (χ0v) is 28.4. The minimum atomic E-state index is 0.615. The summed E-state index contributed by atoms with van der Waals surface area (Å²) < 4.78 is 9.10. The van der Waals surface area contributed by atoms with Gasteiger partial charge in [-0.2, -0.15) is 0 Å². The highest BCUT2D eigenvalue weighted by Gasteiger charge is 2.25. The second kappa shape index (κ2) is 10.4. The Morgan fingerprint density at radius 1 is 0.365 bits per heavy atom. The molecule has 0 saturated carbocycles. The van der Waals surface area contributed by atoms with Gasteiger partial charge in [-0.3, -0.25) is 0 Å². The molecule has 8 aromatic carbocycles. The van der Waals surface area contributed by atoms with E-state index >= 15 is 0 Å². The van der Waals surface area contributed by atoms with Crippen molar-refractivity contribution in [2.24, 2.45) is 0 Å². The molecule has 52 heavy (non-hydrogen) atoms. The van der Waals surface area contributed by atoms with E-state index in [-0.39, 0.29) is 0 Å². The first kappa shape index (κ1) is 28.1. The Morgan fingerprint density at radius 2 is 1.02 bits per heavy atom. The number of fused-ring (bicyclic) bond motifs is 10. The predicted molar refractivity (Wildman–Crippen MR) is 216 cm³/mol. The molecule has 11 aromatic rings. The van der Waals surface area contributed by atoms with Crippen LogP contribution in [0, 0.1) is 0 Å². The van der Waals surface area contributed by atoms with Crippen molar-refractivity contribution in [2.45, 2.75) is 0 Å². The first-order chi connectivity index (χ1) is 25.7. The summed E-state index contributed by atoms with van der Waals surface area (Å²) in [5.41, 5.74) is 9.42. The highest BCUT2D eigenvalue weighted by molar-refractivity contribution is 7.25. The normalized spacial score (nSPS) is 12.2. The van der Waals surface area contributed by atoms with E-state index in [1.165, 1.54) is 58.6 Å². The fourth-order valence-electron chi connectivity index (χ4n) is 8.24. The van der Waals surface area contributed by atoms with E-state index in [0.717, 1.165) is 44.0 Å². The van der Waals surface area contributed by atoms with Crippen LogP contribution in [-0.4, -0.2) is 15.0 Å². The smallest absolute Gasteiger partial charge is 0.164 e. The number of nitrogens with zero attached hydrogens (tertiary/aromatic N) is 3. The molecule has 0 atom stereocenters. The third kappa shape index (κ3) is 3.99. The van der Waals surface area contributed by atoms with Crippen molar-refractivity contribution in [2.75, 3.05) is 0 Å². The fourth-order valence-corrected chi connectivity index (χ4v) is 9.39. The number of benzene rings is 8. The number of hydrogen-bond donors (Lipinski definition) is 0. The average Bonchev–Trinajstić information content (AvgIpc) is 3.86. The molecule has 0 spiro atoms. The van der Waals surface area contributed by atoms with E-state index in [4.69, 9.17) is 19.4 Å². The third-order valence-corrected chi connectivity index (χ3v) is 11.8. The lowest BCUT2D eigenvalue weighted by Gasteiger charge is -2.10. The van der Waals surface area contributed by atoms with E-state index in [9.17, 15) is 0 Å². The Hall–Kier alpha value is -6.69. The van der Waals surface area contributed by atoms with Gasteiger partial charge < -0.3 is 4.42 Å². The standard InChI is InChI=1S/C47H25N3OS/c1-2-9-28-22-29(19-18-26(28)8-1)45-48-46(30-20-21-32-31-12-3-4-17-41(31)52-42(32)23-30)50-47(49-45)35-15-7-16-39-44(35)38-24-36-33-13-5-10-27-11-6-14-34(43(27)33)37(36)25-40(38)51-39/h1-25H. The second-order valence-corrected chi connectivity index (χ2v) is 14.6. The SMILES string of the molecule is c1ccc2cc(-c3nc(-c4ccc5c(c4)sc4ccccc45)nc(-c4cccc5oc6cc7c(cc6c45)-c4cccc5cccc-7c45)n3)ccc2c1. The zero-order valence-electron chi connectivity index (χ0n) is 27.6. The van der Waals surface area contributed by atoms with Crippen LogP contribution < -0.4 is 0 Å². The van der Waals surface area contributed by atoms with Gasteiger partial charge in [0.2, 0.25) is 0 Å². The lowest BCUT2D eigenvalue weighted by atomic mass is 9.99. The Kier molecular flexibility index (Phi) is 5.62. The molecule has 12 rings (SSSR count). The molecule has 0 saturated heterocycles. The largest absolute Gasteiger partial charge is 0.456 e. The van der Waals surface area contributed by atoms with Crippen molar-refractivity contribution in [3.8, 4) is 56.4 Å². The van der Waals surface area contributed by atoms with E-state index in [1.807, 2.05) is 12.1 Å². The molecule has 1 aliphatic carbocycles. The van der Waals surface area contributed by atoms with Gasteiger partial charge in [0.05, 0.1) is 0 Å². The molecule has 0 aliphatic heterocycles. The molecule has 0 fully saturated rings. The van der Waals surface area contributed by atoms with E-state index in [0.29, 0.717) is 17.5 Å². The van der Waals surface area contributed by atoms with Crippen LogP contribution in [0.5, 0.6) is 0 Å². The maximum Gasteiger partial charge on any atom is 0.164 e. The second-order valence-electron chi connectivity index (χ2n) is 13.6.